The van der Waals surface area contributed by atoms with Crippen LogP contribution in [0.1, 0.15) is 22.3 Å². The SMILES string of the molecule is COC(=O)c1ccccc1N1C(=O)[C@H]2[C@H](CCSC)N[C@]3(C(=O)Nc4ccccc43)[C@@H]2C1=O. The minimum atomic E-state index is -1.34. The maximum Gasteiger partial charge on any atom is 0.339 e. The molecular formula is C24H23N3O5S. The fourth-order valence-corrected chi connectivity index (χ4v) is 5.93. The number of carbonyl (C=O) groups is 4. The van der Waals surface area contributed by atoms with Gasteiger partial charge in [-0.3, -0.25) is 19.7 Å². The topological polar surface area (TPSA) is 105 Å². The van der Waals surface area contributed by atoms with Crippen LogP contribution in [0, 0.1) is 11.8 Å². The fourth-order valence-electron chi connectivity index (χ4n) is 5.44. The fraction of sp³-hybridized carbons (Fsp3) is 0.333. The van der Waals surface area contributed by atoms with E-state index in [1.165, 1.54) is 13.2 Å². The summed E-state index contributed by atoms with van der Waals surface area (Å²) in [5.74, 6) is -2.77. The molecule has 3 amide bonds. The Morgan fingerprint density at radius 2 is 1.82 bits per heavy atom. The first-order chi connectivity index (χ1) is 16.0. The molecule has 33 heavy (non-hydrogen) atoms. The molecule has 5 rings (SSSR count). The van der Waals surface area contributed by atoms with Gasteiger partial charge in [0.25, 0.3) is 0 Å². The zero-order valence-corrected chi connectivity index (χ0v) is 19.0. The van der Waals surface area contributed by atoms with Crippen LogP contribution >= 0.6 is 11.8 Å². The summed E-state index contributed by atoms with van der Waals surface area (Å²) in [6.07, 6.45) is 2.59. The van der Waals surface area contributed by atoms with Gasteiger partial charge in [-0.1, -0.05) is 30.3 Å². The van der Waals surface area contributed by atoms with Gasteiger partial charge in [-0.05, 0) is 36.6 Å². The summed E-state index contributed by atoms with van der Waals surface area (Å²) in [6, 6.07) is 13.3. The Morgan fingerprint density at radius 3 is 2.58 bits per heavy atom. The number of thioether (sulfide) groups is 1. The average molecular weight is 466 g/mol. The van der Waals surface area contributed by atoms with Crippen LogP contribution in [0.15, 0.2) is 48.5 Å². The van der Waals surface area contributed by atoms with Crippen molar-refractivity contribution in [3.05, 3.63) is 59.7 Å². The standard InChI is InChI=1S/C24H23N3O5S/c1-32-22(30)13-7-3-6-10-17(13)27-20(28)18-16(11-12-33-2)26-24(19(18)21(27)29)14-8-4-5-9-15(14)25-23(24)31/h3-10,16,18-19,26H,11-12H2,1-2H3,(H,25,31)/t16-,18-,19-,24-/m0/s1. The van der Waals surface area contributed by atoms with Gasteiger partial charge in [-0.15, -0.1) is 0 Å². The summed E-state index contributed by atoms with van der Waals surface area (Å²) in [7, 11) is 1.25. The Labute approximate surface area is 195 Å². The number of para-hydroxylation sites is 2. The normalized spacial score (nSPS) is 27.6. The smallest absolute Gasteiger partial charge is 0.339 e. The van der Waals surface area contributed by atoms with Gasteiger partial charge >= 0.3 is 5.97 Å². The van der Waals surface area contributed by atoms with Gasteiger partial charge in [0, 0.05) is 17.3 Å². The number of nitrogens with zero attached hydrogens (tertiary/aromatic N) is 1. The molecule has 0 unspecified atom stereocenters. The molecule has 3 aliphatic heterocycles. The second kappa shape index (κ2) is 8.00. The predicted molar refractivity (Wildman–Crippen MR) is 124 cm³/mol. The first-order valence-electron chi connectivity index (χ1n) is 10.7. The molecule has 0 saturated carbocycles. The third kappa shape index (κ3) is 2.95. The minimum Gasteiger partial charge on any atom is -0.465 e. The molecular weight excluding hydrogens is 442 g/mol. The second-order valence-corrected chi connectivity index (χ2v) is 9.35. The predicted octanol–water partition coefficient (Wildman–Crippen LogP) is 2.15. The molecule has 2 fully saturated rings. The van der Waals surface area contributed by atoms with Gasteiger partial charge in [-0.25, -0.2) is 9.69 Å². The summed E-state index contributed by atoms with van der Waals surface area (Å²) >= 11 is 1.64. The number of amides is 3. The molecule has 0 bridgehead atoms. The Bertz CT molecular complexity index is 1180. The van der Waals surface area contributed by atoms with Crippen LogP contribution in [0.4, 0.5) is 11.4 Å². The number of imide groups is 1. The Kier molecular flexibility index (Phi) is 5.25. The van der Waals surface area contributed by atoms with E-state index in [9.17, 15) is 19.2 Å². The monoisotopic (exact) mass is 465 g/mol. The lowest BCUT2D eigenvalue weighted by molar-refractivity contribution is -0.130. The van der Waals surface area contributed by atoms with Crippen molar-refractivity contribution in [2.24, 2.45) is 11.8 Å². The molecule has 2 N–H and O–H groups in total. The molecule has 3 aliphatic rings. The number of fused-ring (bicyclic) bond motifs is 4. The molecule has 3 heterocycles. The van der Waals surface area contributed by atoms with Crippen LogP contribution < -0.4 is 15.5 Å². The highest BCUT2D eigenvalue weighted by molar-refractivity contribution is 7.98. The van der Waals surface area contributed by atoms with Crippen LogP contribution in [0.25, 0.3) is 0 Å². The lowest BCUT2D eigenvalue weighted by atomic mass is 9.76. The van der Waals surface area contributed by atoms with Gasteiger partial charge in [0.05, 0.1) is 30.2 Å². The molecule has 2 saturated heterocycles. The van der Waals surface area contributed by atoms with E-state index >= 15 is 0 Å². The van der Waals surface area contributed by atoms with Gasteiger partial charge in [0.1, 0.15) is 5.54 Å². The average Bonchev–Trinajstić information content (AvgIpc) is 3.41. The molecule has 170 valence electrons. The molecule has 1 spiro atoms. The van der Waals surface area contributed by atoms with Crippen LogP contribution in [-0.4, -0.2) is 48.9 Å². The molecule has 2 aromatic carbocycles. The molecule has 2 aromatic rings. The van der Waals surface area contributed by atoms with Crippen LogP contribution in [-0.2, 0) is 24.7 Å². The number of methoxy groups -OCH3 is 1. The number of anilines is 2. The van der Waals surface area contributed by atoms with Gasteiger partial charge in [0.15, 0.2) is 0 Å². The maximum absolute atomic E-state index is 13.9. The number of esters is 1. The minimum absolute atomic E-state index is 0.126. The van der Waals surface area contributed by atoms with Crippen molar-refractivity contribution in [2.75, 3.05) is 29.3 Å². The first kappa shape index (κ1) is 21.7. The van der Waals surface area contributed by atoms with E-state index in [2.05, 4.69) is 10.6 Å². The lowest BCUT2D eigenvalue weighted by Gasteiger charge is -2.29. The van der Waals surface area contributed by atoms with Gasteiger partial charge < -0.3 is 10.1 Å². The van der Waals surface area contributed by atoms with E-state index in [4.69, 9.17) is 4.74 Å². The van der Waals surface area contributed by atoms with Crippen LogP contribution in [0.2, 0.25) is 0 Å². The first-order valence-corrected chi connectivity index (χ1v) is 12.1. The number of benzene rings is 2. The van der Waals surface area contributed by atoms with Gasteiger partial charge in [0.2, 0.25) is 17.7 Å². The zero-order chi connectivity index (χ0) is 23.3. The Morgan fingerprint density at radius 1 is 1.09 bits per heavy atom. The molecule has 4 atom stereocenters. The summed E-state index contributed by atoms with van der Waals surface area (Å²) in [5, 5.41) is 6.29. The number of rotatable bonds is 5. The quantitative estimate of drug-likeness (QED) is 0.515. The highest BCUT2D eigenvalue weighted by Gasteiger charge is 2.70. The van der Waals surface area contributed by atoms with Crippen molar-refractivity contribution >= 4 is 46.8 Å². The number of hydrogen-bond acceptors (Lipinski definition) is 7. The molecule has 9 heteroatoms. The third-order valence-electron chi connectivity index (χ3n) is 6.81. The second-order valence-electron chi connectivity index (χ2n) is 8.36. The molecule has 8 nitrogen and oxygen atoms in total. The van der Waals surface area contributed by atoms with Crippen molar-refractivity contribution in [3.8, 4) is 0 Å². The number of nitrogens with one attached hydrogen (secondary N) is 2. The Hall–Kier alpha value is -3.17. The molecule has 0 radical (unpaired) electrons. The Balaban J connectivity index is 1.66. The molecule has 0 aromatic heterocycles. The highest BCUT2D eigenvalue weighted by atomic mass is 32.2. The lowest BCUT2D eigenvalue weighted by Crippen LogP contribution is -2.53. The highest BCUT2D eigenvalue weighted by Crippen LogP contribution is 2.54. The van der Waals surface area contributed by atoms with Crippen molar-refractivity contribution in [3.63, 3.8) is 0 Å². The van der Waals surface area contributed by atoms with E-state index in [-0.39, 0.29) is 23.2 Å². The summed E-state index contributed by atoms with van der Waals surface area (Å²) in [5.41, 5.74) is 0.264. The number of ether oxygens (including phenoxy) is 1. The number of hydrogen-bond donors (Lipinski definition) is 2. The van der Waals surface area contributed by atoms with Crippen molar-refractivity contribution < 1.29 is 23.9 Å². The third-order valence-corrected chi connectivity index (χ3v) is 7.45. The van der Waals surface area contributed by atoms with Crippen LogP contribution in [0.3, 0.4) is 0 Å². The van der Waals surface area contributed by atoms with E-state index < -0.39 is 35.2 Å². The summed E-state index contributed by atoms with van der Waals surface area (Å²) in [6.45, 7) is 0. The van der Waals surface area contributed by atoms with E-state index in [0.29, 0.717) is 17.7 Å². The van der Waals surface area contributed by atoms with Crippen molar-refractivity contribution in [1.29, 1.82) is 0 Å². The van der Waals surface area contributed by atoms with E-state index in [0.717, 1.165) is 10.7 Å². The maximum atomic E-state index is 13.9. The van der Waals surface area contributed by atoms with Crippen molar-refractivity contribution in [1.82, 2.24) is 5.32 Å². The van der Waals surface area contributed by atoms with Gasteiger partial charge in [-0.2, -0.15) is 11.8 Å². The van der Waals surface area contributed by atoms with E-state index in [1.807, 2.05) is 24.5 Å². The zero-order valence-electron chi connectivity index (χ0n) is 18.2. The van der Waals surface area contributed by atoms with Crippen LogP contribution in [0.5, 0.6) is 0 Å². The van der Waals surface area contributed by atoms with Crippen molar-refractivity contribution in [2.45, 2.75) is 18.0 Å². The number of carbonyl (C=O) groups excluding carboxylic acids is 4. The summed E-state index contributed by atoms with van der Waals surface area (Å²) < 4.78 is 4.86. The largest absolute Gasteiger partial charge is 0.465 e. The summed E-state index contributed by atoms with van der Waals surface area (Å²) in [4.78, 5) is 54.5. The molecule has 0 aliphatic carbocycles. The van der Waals surface area contributed by atoms with E-state index in [1.54, 1.807) is 36.0 Å².